The van der Waals surface area contributed by atoms with Gasteiger partial charge in [0.15, 0.2) is 0 Å². The highest BCUT2D eigenvalue weighted by Crippen LogP contribution is 2.21. The molecular formula is C17H23NO. The van der Waals surface area contributed by atoms with Crippen LogP contribution in [0.1, 0.15) is 37.3 Å². The fourth-order valence-electron chi connectivity index (χ4n) is 2.56. The van der Waals surface area contributed by atoms with Crippen molar-refractivity contribution in [3.8, 4) is 0 Å². The molecule has 1 unspecified atom stereocenters. The van der Waals surface area contributed by atoms with Gasteiger partial charge in [-0.1, -0.05) is 43.3 Å². The molecule has 1 atom stereocenters. The topological polar surface area (TPSA) is 20.3 Å². The zero-order valence-corrected chi connectivity index (χ0v) is 11.9. The second-order valence-corrected chi connectivity index (χ2v) is 5.35. The Bertz CT molecular complexity index is 447. The number of allylic oxidation sites excluding steroid dienone is 2. The van der Waals surface area contributed by atoms with Crippen LogP contribution in [0.4, 0.5) is 0 Å². The van der Waals surface area contributed by atoms with Crippen molar-refractivity contribution in [2.45, 2.75) is 39.2 Å². The lowest BCUT2D eigenvalue weighted by atomic mass is 9.93. The molecule has 1 aromatic carbocycles. The number of nitrogens with zero attached hydrogens (tertiary/aromatic N) is 1. The average molecular weight is 257 g/mol. The number of carbonyl (C=O) groups excluding carboxylic acids is 1. The Labute approximate surface area is 116 Å². The predicted molar refractivity (Wildman–Crippen MR) is 78.8 cm³/mol. The molecule has 0 aromatic heterocycles. The fraction of sp³-hybridized carbons (Fsp3) is 0.471. The van der Waals surface area contributed by atoms with Gasteiger partial charge in [-0.05, 0) is 36.8 Å². The molecule has 0 saturated carbocycles. The lowest BCUT2D eigenvalue weighted by Gasteiger charge is -2.24. The van der Waals surface area contributed by atoms with Gasteiger partial charge in [-0.3, -0.25) is 4.79 Å². The number of hydrogen-bond donors (Lipinski definition) is 0. The first-order valence-electron chi connectivity index (χ1n) is 7.18. The lowest BCUT2D eigenvalue weighted by molar-refractivity contribution is -0.135. The van der Waals surface area contributed by atoms with E-state index in [9.17, 15) is 4.79 Å². The third-order valence-electron chi connectivity index (χ3n) is 3.85. The minimum Gasteiger partial charge on any atom is -0.341 e. The van der Waals surface area contributed by atoms with Gasteiger partial charge in [0, 0.05) is 19.5 Å². The van der Waals surface area contributed by atoms with E-state index in [4.69, 9.17) is 0 Å². The molecule has 2 rings (SSSR count). The molecule has 2 nitrogen and oxygen atoms in total. The second-order valence-electron chi connectivity index (χ2n) is 5.35. The van der Waals surface area contributed by atoms with E-state index in [0.29, 0.717) is 6.54 Å². The number of rotatable bonds is 4. The Kier molecular flexibility index (Phi) is 4.78. The van der Waals surface area contributed by atoms with Crippen LogP contribution >= 0.6 is 0 Å². The largest absolute Gasteiger partial charge is 0.341 e. The maximum atomic E-state index is 12.3. The smallest absolute Gasteiger partial charge is 0.226 e. The molecule has 0 spiro atoms. The van der Waals surface area contributed by atoms with Crippen molar-refractivity contribution in [1.82, 2.24) is 4.90 Å². The summed E-state index contributed by atoms with van der Waals surface area (Å²) in [6.07, 6.45) is 8.30. The third-order valence-corrected chi connectivity index (χ3v) is 3.85. The molecule has 0 fully saturated rings. The maximum absolute atomic E-state index is 12.3. The first-order chi connectivity index (χ1) is 9.20. The summed E-state index contributed by atoms with van der Waals surface area (Å²) in [5.74, 6) is 0.467. The molecule has 0 saturated heterocycles. The van der Waals surface area contributed by atoms with Crippen molar-refractivity contribution >= 4 is 5.91 Å². The predicted octanol–water partition coefficient (Wildman–Crippen LogP) is 3.56. The first kappa shape index (κ1) is 13.9. The van der Waals surface area contributed by atoms with Crippen LogP contribution in [0.5, 0.6) is 0 Å². The van der Waals surface area contributed by atoms with Crippen molar-refractivity contribution in [3.63, 3.8) is 0 Å². The SMILES string of the molecule is CCc1ccc(CN(C)C(=O)C2CC=CCC2)cc1. The Morgan fingerprint density at radius 1 is 1.21 bits per heavy atom. The van der Waals surface area contributed by atoms with Crippen LogP contribution in [0.3, 0.4) is 0 Å². The summed E-state index contributed by atoms with van der Waals surface area (Å²) < 4.78 is 0. The summed E-state index contributed by atoms with van der Waals surface area (Å²) in [5, 5.41) is 0. The number of aryl methyl sites for hydroxylation is 1. The highest BCUT2D eigenvalue weighted by atomic mass is 16.2. The van der Waals surface area contributed by atoms with E-state index < -0.39 is 0 Å². The van der Waals surface area contributed by atoms with Gasteiger partial charge in [0.25, 0.3) is 0 Å². The summed E-state index contributed by atoms with van der Waals surface area (Å²) in [6, 6.07) is 8.56. The van der Waals surface area contributed by atoms with Crippen molar-refractivity contribution in [2.24, 2.45) is 5.92 Å². The summed E-state index contributed by atoms with van der Waals surface area (Å²) in [5.41, 5.74) is 2.55. The lowest BCUT2D eigenvalue weighted by Crippen LogP contribution is -2.32. The Hall–Kier alpha value is -1.57. The normalized spacial score (nSPS) is 18.3. The van der Waals surface area contributed by atoms with Crippen molar-refractivity contribution in [1.29, 1.82) is 0 Å². The van der Waals surface area contributed by atoms with Gasteiger partial charge in [-0.25, -0.2) is 0 Å². The summed E-state index contributed by atoms with van der Waals surface area (Å²) in [6.45, 7) is 2.87. The molecule has 0 N–H and O–H groups in total. The molecule has 0 bridgehead atoms. The first-order valence-corrected chi connectivity index (χ1v) is 7.18. The summed E-state index contributed by atoms with van der Waals surface area (Å²) in [7, 11) is 1.91. The van der Waals surface area contributed by atoms with Gasteiger partial charge in [0.05, 0.1) is 0 Å². The van der Waals surface area contributed by atoms with E-state index >= 15 is 0 Å². The van der Waals surface area contributed by atoms with Gasteiger partial charge in [0.2, 0.25) is 5.91 Å². The highest BCUT2D eigenvalue weighted by Gasteiger charge is 2.21. The summed E-state index contributed by atoms with van der Waals surface area (Å²) in [4.78, 5) is 14.2. The van der Waals surface area contributed by atoms with Gasteiger partial charge < -0.3 is 4.90 Å². The number of carbonyl (C=O) groups is 1. The molecule has 1 aromatic rings. The molecule has 0 radical (unpaired) electrons. The van der Waals surface area contributed by atoms with Gasteiger partial charge in [-0.15, -0.1) is 0 Å². The molecule has 2 heteroatoms. The molecule has 102 valence electrons. The summed E-state index contributed by atoms with van der Waals surface area (Å²) >= 11 is 0. The zero-order valence-electron chi connectivity index (χ0n) is 11.9. The minimum absolute atomic E-state index is 0.185. The van der Waals surface area contributed by atoms with E-state index in [1.165, 1.54) is 11.1 Å². The van der Waals surface area contributed by atoms with Crippen LogP contribution in [0, 0.1) is 5.92 Å². The number of amides is 1. The number of hydrogen-bond acceptors (Lipinski definition) is 1. The second kappa shape index (κ2) is 6.55. The maximum Gasteiger partial charge on any atom is 0.226 e. The third kappa shape index (κ3) is 3.69. The fourth-order valence-corrected chi connectivity index (χ4v) is 2.56. The number of benzene rings is 1. The van der Waals surface area contributed by atoms with Crippen molar-refractivity contribution in [2.75, 3.05) is 7.05 Å². The standard InChI is InChI=1S/C17H23NO/c1-3-14-9-11-15(12-10-14)13-18(2)17(19)16-7-5-4-6-8-16/h4-5,9-12,16H,3,6-8,13H2,1-2H3. The molecular weight excluding hydrogens is 234 g/mol. The van der Waals surface area contributed by atoms with Crippen molar-refractivity contribution < 1.29 is 4.79 Å². The van der Waals surface area contributed by atoms with E-state index in [1.807, 2.05) is 11.9 Å². The molecule has 0 aliphatic heterocycles. The van der Waals surface area contributed by atoms with Crippen LogP contribution in [-0.4, -0.2) is 17.9 Å². The molecule has 0 heterocycles. The zero-order chi connectivity index (χ0) is 13.7. The van der Waals surface area contributed by atoms with E-state index in [1.54, 1.807) is 0 Å². The van der Waals surface area contributed by atoms with Crippen molar-refractivity contribution in [3.05, 3.63) is 47.5 Å². The molecule has 1 aliphatic rings. The Morgan fingerprint density at radius 3 is 2.47 bits per heavy atom. The Morgan fingerprint density at radius 2 is 1.89 bits per heavy atom. The monoisotopic (exact) mass is 257 g/mol. The molecule has 1 amide bonds. The van der Waals surface area contributed by atoms with E-state index in [2.05, 4.69) is 43.3 Å². The van der Waals surface area contributed by atoms with Gasteiger partial charge >= 0.3 is 0 Å². The average Bonchev–Trinajstić information content (AvgIpc) is 2.48. The van der Waals surface area contributed by atoms with Crippen LogP contribution < -0.4 is 0 Å². The Balaban J connectivity index is 1.93. The van der Waals surface area contributed by atoms with E-state index in [0.717, 1.165) is 25.7 Å². The van der Waals surface area contributed by atoms with Crippen LogP contribution in [0.25, 0.3) is 0 Å². The minimum atomic E-state index is 0.185. The van der Waals surface area contributed by atoms with Crippen LogP contribution in [0.15, 0.2) is 36.4 Å². The molecule has 19 heavy (non-hydrogen) atoms. The van der Waals surface area contributed by atoms with E-state index in [-0.39, 0.29) is 11.8 Å². The van der Waals surface area contributed by atoms with Gasteiger partial charge in [0.1, 0.15) is 0 Å². The van der Waals surface area contributed by atoms with Crippen LogP contribution in [-0.2, 0) is 17.8 Å². The molecule has 1 aliphatic carbocycles. The van der Waals surface area contributed by atoms with Gasteiger partial charge in [-0.2, -0.15) is 0 Å². The quantitative estimate of drug-likeness (QED) is 0.755. The highest BCUT2D eigenvalue weighted by molar-refractivity contribution is 5.78. The van der Waals surface area contributed by atoms with Crippen LogP contribution in [0.2, 0.25) is 0 Å².